The topological polar surface area (TPSA) is 106 Å². The number of amides is 1. The monoisotopic (exact) mass is 373 g/mol. The predicted molar refractivity (Wildman–Crippen MR) is 95.9 cm³/mol. The Hall–Kier alpha value is -2.49. The standard InChI is InChI=1S/C16H19N7O2S/c24-15(21-12-3-5-26-16(12)25)11-2-1-4-22(7-11)13-6-14(19-9-18-13)23-10-17-8-20-23/h6,8-12H,1-5,7H2,(H,21,24)/t11-,12+/m0/s1. The van der Waals surface area contributed by atoms with Gasteiger partial charge in [0.1, 0.15) is 24.8 Å². The smallest absolute Gasteiger partial charge is 0.225 e. The van der Waals surface area contributed by atoms with Gasteiger partial charge in [0, 0.05) is 24.9 Å². The summed E-state index contributed by atoms with van der Waals surface area (Å²) in [6, 6.07) is 1.51. The number of nitrogens with one attached hydrogen (secondary N) is 1. The van der Waals surface area contributed by atoms with Crippen molar-refractivity contribution >= 4 is 28.6 Å². The number of carbonyl (C=O) groups is 2. The van der Waals surface area contributed by atoms with Crippen LogP contribution in [0.4, 0.5) is 5.82 Å². The summed E-state index contributed by atoms with van der Waals surface area (Å²) in [5.74, 6) is 1.99. The molecule has 2 aromatic rings. The van der Waals surface area contributed by atoms with Gasteiger partial charge in [-0.15, -0.1) is 0 Å². The average molecular weight is 373 g/mol. The van der Waals surface area contributed by atoms with E-state index in [-0.39, 0.29) is 23.0 Å². The highest BCUT2D eigenvalue weighted by Crippen LogP contribution is 2.24. The van der Waals surface area contributed by atoms with Crippen LogP contribution in [0.1, 0.15) is 19.3 Å². The third-order valence-electron chi connectivity index (χ3n) is 4.66. The fraction of sp³-hybridized carbons (Fsp3) is 0.500. The van der Waals surface area contributed by atoms with E-state index in [0.717, 1.165) is 37.4 Å². The third kappa shape index (κ3) is 3.55. The number of rotatable bonds is 4. The van der Waals surface area contributed by atoms with Crippen molar-refractivity contribution in [2.24, 2.45) is 5.92 Å². The molecule has 0 aliphatic carbocycles. The Bertz CT molecular complexity index is 798. The van der Waals surface area contributed by atoms with Crippen molar-refractivity contribution in [2.75, 3.05) is 23.7 Å². The minimum atomic E-state index is -0.333. The molecule has 0 bridgehead atoms. The SMILES string of the molecule is O=C(N[C@@H]1CCSC1=O)[C@H]1CCCN(c2cc(-n3cncn3)ncn2)C1. The maximum atomic E-state index is 12.6. The normalized spacial score (nSPS) is 23.2. The number of piperidine rings is 1. The van der Waals surface area contributed by atoms with Crippen LogP contribution in [0.2, 0.25) is 0 Å². The van der Waals surface area contributed by atoms with Gasteiger partial charge < -0.3 is 10.2 Å². The van der Waals surface area contributed by atoms with Crippen LogP contribution in [-0.2, 0) is 9.59 Å². The van der Waals surface area contributed by atoms with Gasteiger partial charge in [0.15, 0.2) is 5.82 Å². The molecular weight excluding hydrogens is 354 g/mol. The molecule has 4 rings (SSSR count). The van der Waals surface area contributed by atoms with Crippen molar-refractivity contribution < 1.29 is 9.59 Å². The molecule has 0 radical (unpaired) electrons. The maximum absolute atomic E-state index is 12.6. The van der Waals surface area contributed by atoms with E-state index in [4.69, 9.17) is 0 Å². The molecule has 2 saturated heterocycles. The zero-order valence-corrected chi connectivity index (χ0v) is 14.9. The first-order valence-corrected chi connectivity index (χ1v) is 9.58. The number of carbonyl (C=O) groups excluding carboxylic acids is 2. The van der Waals surface area contributed by atoms with Gasteiger partial charge in [0.25, 0.3) is 0 Å². The minimum absolute atomic E-state index is 0.0406. The summed E-state index contributed by atoms with van der Waals surface area (Å²) in [5, 5.41) is 7.06. The summed E-state index contributed by atoms with van der Waals surface area (Å²) >= 11 is 1.30. The summed E-state index contributed by atoms with van der Waals surface area (Å²) in [5.41, 5.74) is 0. The summed E-state index contributed by atoms with van der Waals surface area (Å²) in [6.45, 7) is 1.41. The van der Waals surface area contributed by atoms with Crippen LogP contribution in [0.5, 0.6) is 0 Å². The summed E-state index contributed by atoms with van der Waals surface area (Å²) in [7, 11) is 0. The highest BCUT2D eigenvalue weighted by atomic mass is 32.2. The Morgan fingerprint density at radius 3 is 2.88 bits per heavy atom. The number of hydrogen-bond donors (Lipinski definition) is 1. The number of aromatic nitrogens is 5. The molecule has 2 aromatic heterocycles. The van der Waals surface area contributed by atoms with Gasteiger partial charge in [-0.1, -0.05) is 11.8 Å². The highest BCUT2D eigenvalue weighted by Gasteiger charge is 2.32. The highest BCUT2D eigenvalue weighted by molar-refractivity contribution is 8.14. The average Bonchev–Trinajstić information content (AvgIpc) is 3.35. The first-order valence-electron chi connectivity index (χ1n) is 8.60. The van der Waals surface area contributed by atoms with Crippen molar-refractivity contribution in [2.45, 2.75) is 25.3 Å². The van der Waals surface area contributed by atoms with E-state index in [9.17, 15) is 9.59 Å². The number of anilines is 1. The van der Waals surface area contributed by atoms with E-state index in [1.54, 1.807) is 11.0 Å². The second kappa shape index (κ2) is 7.40. The van der Waals surface area contributed by atoms with Crippen molar-refractivity contribution in [3.63, 3.8) is 0 Å². The lowest BCUT2D eigenvalue weighted by molar-refractivity contribution is -0.128. The molecule has 1 N–H and O–H groups in total. The Morgan fingerprint density at radius 2 is 2.12 bits per heavy atom. The van der Waals surface area contributed by atoms with Crippen LogP contribution in [0.25, 0.3) is 5.82 Å². The van der Waals surface area contributed by atoms with Crippen molar-refractivity contribution in [1.29, 1.82) is 0 Å². The Kier molecular flexibility index (Phi) is 4.83. The van der Waals surface area contributed by atoms with E-state index < -0.39 is 0 Å². The number of nitrogens with zero attached hydrogens (tertiary/aromatic N) is 6. The molecule has 0 saturated carbocycles. The zero-order chi connectivity index (χ0) is 17.9. The molecule has 10 heteroatoms. The number of hydrogen-bond acceptors (Lipinski definition) is 8. The van der Waals surface area contributed by atoms with E-state index in [1.165, 1.54) is 24.4 Å². The third-order valence-corrected chi connectivity index (χ3v) is 5.67. The van der Waals surface area contributed by atoms with Gasteiger partial charge in [-0.3, -0.25) is 9.59 Å². The molecule has 0 spiro atoms. The molecular formula is C16H19N7O2S. The quantitative estimate of drug-likeness (QED) is 0.822. The van der Waals surface area contributed by atoms with Crippen LogP contribution in [0.3, 0.4) is 0 Å². The molecule has 0 aromatic carbocycles. The van der Waals surface area contributed by atoms with Gasteiger partial charge in [0.05, 0.1) is 12.0 Å². The van der Waals surface area contributed by atoms with Gasteiger partial charge in [-0.25, -0.2) is 19.6 Å². The Labute approximate surface area is 154 Å². The fourth-order valence-electron chi connectivity index (χ4n) is 3.28. The van der Waals surface area contributed by atoms with Crippen LogP contribution in [0, 0.1) is 5.92 Å². The van der Waals surface area contributed by atoms with Gasteiger partial charge >= 0.3 is 0 Å². The molecule has 4 heterocycles. The van der Waals surface area contributed by atoms with Crippen molar-refractivity contribution in [3.8, 4) is 5.82 Å². The first-order chi connectivity index (χ1) is 12.7. The minimum Gasteiger partial charge on any atom is -0.356 e. The van der Waals surface area contributed by atoms with Crippen molar-refractivity contribution in [1.82, 2.24) is 30.0 Å². The van der Waals surface area contributed by atoms with Gasteiger partial charge in [-0.2, -0.15) is 5.10 Å². The van der Waals surface area contributed by atoms with Gasteiger partial charge in [-0.05, 0) is 19.3 Å². The van der Waals surface area contributed by atoms with E-state index in [0.29, 0.717) is 12.4 Å². The van der Waals surface area contributed by atoms with Gasteiger partial charge in [0.2, 0.25) is 11.0 Å². The van der Waals surface area contributed by atoms with Crippen LogP contribution >= 0.6 is 11.8 Å². The molecule has 2 fully saturated rings. The molecule has 1 amide bonds. The molecule has 26 heavy (non-hydrogen) atoms. The van der Waals surface area contributed by atoms with Crippen molar-refractivity contribution in [3.05, 3.63) is 25.0 Å². The summed E-state index contributed by atoms with van der Waals surface area (Å²) < 4.78 is 1.57. The second-order valence-electron chi connectivity index (χ2n) is 6.38. The Balaban J connectivity index is 1.44. The lowest BCUT2D eigenvalue weighted by Crippen LogP contribution is -2.47. The van der Waals surface area contributed by atoms with Crippen LogP contribution < -0.4 is 10.2 Å². The predicted octanol–water partition coefficient (Wildman–Crippen LogP) is 0.422. The van der Waals surface area contributed by atoms with Crippen LogP contribution in [-0.4, -0.2) is 60.6 Å². The zero-order valence-electron chi connectivity index (χ0n) is 14.1. The lowest BCUT2D eigenvalue weighted by atomic mass is 9.96. The van der Waals surface area contributed by atoms with E-state index >= 15 is 0 Å². The Morgan fingerprint density at radius 1 is 1.23 bits per heavy atom. The van der Waals surface area contributed by atoms with Crippen LogP contribution in [0.15, 0.2) is 25.0 Å². The molecule has 2 aliphatic heterocycles. The molecule has 2 aliphatic rings. The van der Waals surface area contributed by atoms with E-state index in [1.807, 2.05) is 6.07 Å². The fourth-order valence-corrected chi connectivity index (χ4v) is 4.21. The van der Waals surface area contributed by atoms with E-state index in [2.05, 4.69) is 30.3 Å². The largest absolute Gasteiger partial charge is 0.356 e. The first kappa shape index (κ1) is 17.0. The maximum Gasteiger partial charge on any atom is 0.225 e. The number of thioether (sulfide) groups is 1. The molecule has 136 valence electrons. The molecule has 9 nitrogen and oxygen atoms in total. The summed E-state index contributed by atoms with van der Waals surface area (Å²) in [6.07, 6.45) is 6.95. The lowest BCUT2D eigenvalue weighted by Gasteiger charge is -2.33. The molecule has 0 unspecified atom stereocenters. The second-order valence-corrected chi connectivity index (χ2v) is 7.48. The summed E-state index contributed by atoms with van der Waals surface area (Å²) in [4.78, 5) is 38.9. The molecule has 2 atom stereocenters.